The summed E-state index contributed by atoms with van der Waals surface area (Å²) in [6.07, 6.45) is 0.428. The van der Waals surface area contributed by atoms with E-state index < -0.39 is 0 Å². The van der Waals surface area contributed by atoms with Crippen molar-refractivity contribution in [2.24, 2.45) is 5.73 Å². The molecule has 0 saturated carbocycles. The maximum absolute atomic E-state index is 11.7. The van der Waals surface area contributed by atoms with Gasteiger partial charge in [-0.3, -0.25) is 4.79 Å². The standard InChI is InChI=1S/C13H17N3OS/c1-10(15)9-18-7-6-13(17)16-12-5-3-2-4-11(12)8-14/h2-5,10H,6-7,9,15H2,1H3,(H,16,17). The Bertz CT molecular complexity index is 440. The highest BCUT2D eigenvalue weighted by molar-refractivity contribution is 7.99. The minimum atomic E-state index is -0.0742. The lowest BCUT2D eigenvalue weighted by molar-refractivity contribution is -0.115. The summed E-state index contributed by atoms with van der Waals surface area (Å²) in [7, 11) is 0. The van der Waals surface area contributed by atoms with Crippen LogP contribution in [-0.2, 0) is 4.79 Å². The Morgan fingerprint density at radius 3 is 2.94 bits per heavy atom. The smallest absolute Gasteiger partial charge is 0.225 e. The first-order valence-corrected chi connectivity index (χ1v) is 6.91. The molecule has 0 fully saturated rings. The summed E-state index contributed by atoms with van der Waals surface area (Å²) in [5.41, 5.74) is 6.67. The van der Waals surface area contributed by atoms with Crippen LogP contribution in [0.5, 0.6) is 0 Å². The molecule has 0 bridgehead atoms. The molecule has 1 atom stereocenters. The topological polar surface area (TPSA) is 78.9 Å². The minimum absolute atomic E-state index is 0.0742. The molecule has 0 aliphatic carbocycles. The fraction of sp³-hybridized carbons (Fsp3) is 0.385. The van der Waals surface area contributed by atoms with Crippen LogP contribution in [0, 0.1) is 11.3 Å². The summed E-state index contributed by atoms with van der Waals surface area (Å²) in [6.45, 7) is 1.94. The van der Waals surface area contributed by atoms with Crippen LogP contribution < -0.4 is 11.1 Å². The average molecular weight is 263 g/mol. The molecule has 1 unspecified atom stereocenters. The third-order valence-corrected chi connectivity index (χ3v) is 3.43. The zero-order valence-corrected chi connectivity index (χ0v) is 11.2. The van der Waals surface area contributed by atoms with Crippen LogP contribution in [0.1, 0.15) is 18.9 Å². The highest BCUT2D eigenvalue weighted by Gasteiger charge is 2.06. The number of hydrogen-bond donors (Lipinski definition) is 2. The first kappa shape index (κ1) is 14.6. The lowest BCUT2D eigenvalue weighted by Gasteiger charge is -2.07. The van der Waals surface area contributed by atoms with Gasteiger partial charge >= 0.3 is 0 Å². The number of hydrogen-bond acceptors (Lipinski definition) is 4. The van der Waals surface area contributed by atoms with E-state index >= 15 is 0 Å². The van der Waals surface area contributed by atoms with Gasteiger partial charge in [0.05, 0.1) is 11.3 Å². The quantitative estimate of drug-likeness (QED) is 0.769. The van der Waals surface area contributed by atoms with E-state index in [4.69, 9.17) is 11.0 Å². The Balaban J connectivity index is 2.38. The number of carbonyl (C=O) groups is 1. The second-order valence-corrected chi connectivity index (χ2v) is 5.16. The Morgan fingerprint density at radius 2 is 2.28 bits per heavy atom. The third kappa shape index (κ3) is 5.21. The highest BCUT2D eigenvalue weighted by atomic mass is 32.2. The van der Waals surface area contributed by atoms with Gasteiger partial charge in [0.15, 0.2) is 0 Å². The minimum Gasteiger partial charge on any atom is -0.327 e. The Morgan fingerprint density at radius 1 is 1.56 bits per heavy atom. The molecule has 0 heterocycles. The van der Waals surface area contributed by atoms with Gasteiger partial charge in [-0.15, -0.1) is 0 Å². The highest BCUT2D eigenvalue weighted by Crippen LogP contribution is 2.14. The maximum atomic E-state index is 11.7. The molecule has 1 aromatic carbocycles. The number of benzene rings is 1. The van der Waals surface area contributed by atoms with E-state index in [1.807, 2.05) is 13.0 Å². The molecule has 0 saturated heterocycles. The van der Waals surface area contributed by atoms with E-state index in [2.05, 4.69) is 5.32 Å². The summed E-state index contributed by atoms with van der Waals surface area (Å²) in [5.74, 6) is 1.51. The van der Waals surface area contributed by atoms with E-state index in [1.165, 1.54) is 0 Å². The lowest BCUT2D eigenvalue weighted by Crippen LogP contribution is -2.18. The van der Waals surface area contributed by atoms with Gasteiger partial charge in [-0.25, -0.2) is 0 Å². The van der Waals surface area contributed by atoms with Crippen LogP contribution in [0.3, 0.4) is 0 Å². The van der Waals surface area contributed by atoms with E-state index in [0.29, 0.717) is 17.7 Å². The second-order valence-electron chi connectivity index (χ2n) is 4.01. The number of rotatable bonds is 6. The molecule has 0 aromatic heterocycles. The molecule has 96 valence electrons. The van der Waals surface area contributed by atoms with Gasteiger partial charge in [-0.2, -0.15) is 17.0 Å². The predicted octanol–water partition coefficient (Wildman–Crippen LogP) is 1.97. The number of nitriles is 1. The van der Waals surface area contributed by atoms with Crippen LogP contribution in [0.15, 0.2) is 24.3 Å². The zero-order chi connectivity index (χ0) is 13.4. The van der Waals surface area contributed by atoms with Crippen molar-refractivity contribution < 1.29 is 4.79 Å². The monoisotopic (exact) mass is 263 g/mol. The van der Waals surface area contributed by atoms with Crippen molar-refractivity contribution in [3.63, 3.8) is 0 Å². The molecule has 1 amide bonds. The number of nitrogens with one attached hydrogen (secondary N) is 1. The molecule has 0 radical (unpaired) electrons. The van der Waals surface area contributed by atoms with Gasteiger partial charge in [-0.1, -0.05) is 12.1 Å². The molecule has 5 heteroatoms. The third-order valence-electron chi connectivity index (χ3n) is 2.18. The number of amides is 1. The number of carbonyl (C=O) groups excluding carboxylic acids is 1. The molecule has 0 aliphatic rings. The van der Waals surface area contributed by atoms with Crippen LogP contribution in [0.2, 0.25) is 0 Å². The molecule has 3 N–H and O–H groups in total. The molecule has 18 heavy (non-hydrogen) atoms. The first-order chi connectivity index (χ1) is 8.63. The fourth-order valence-electron chi connectivity index (χ4n) is 1.34. The number of thioether (sulfide) groups is 1. The Labute approximate surface area is 112 Å². The molecule has 1 aromatic rings. The van der Waals surface area contributed by atoms with Gasteiger partial charge in [-0.05, 0) is 19.1 Å². The van der Waals surface area contributed by atoms with Crippen molar-refractivity contribution in [2.45, 2.75) is 19.4 Å². The van der Waals surface area contributed by atoms with Crippen molar-refractivity contribution in [1.29, 1.82) is 5.26 Å². The van der Waals surface area contributed by atoms with Crippen molar-refractivity contribution in [1.82, 2.24) is 0 Å². The summed E-state index contributed by atoms with van der Waals surface area (Å²) in [4.78, 5) is 11.7. The zero-order valence-electron chi connectivity index (χ0n) is 10.3. The van der Waals surface area contributed by atoms with E-state index in [-0.39, 0.29) is 11.9 Å². The van der Waals surface area contributed by atoms with E-state index in [1.54, 1.807) is 36.0 Å². The van der Waals surface area contributed by atoms with Crippen LogP contribution in [0.25, 0.3) is 0 Å². The molecular formula is C13H17N3OS. The Hall–Kier alpha value is -1.51. The van der Waals surface area contributed by atoms with E-state index in [0.717, 1.165) is 11.5 Å². The summed E-state index contributed by atoms with van der Waals surface area (Å²) in [5, 5.41) is 11.6. The normalized spacial score (nSPS) is 11.6. The number of nitrogens with zero attached hydrogens (tertiary/aromatic N) is 1. The first-order valence-electron chi connectivity index (χ1n) is 5.75. The van der Waals surface area contributed by atoms with Gasteiger partial charge in [0, 0.05) is 24.0 Å². The number of anilines is 1. The van der Waals surface area contributed by atoms with Gasteiger partial charge in [0.25, 0.3) is 0 Å². The average Bonchev–Trinajstić information content (AvgIpc) is 2.35. The van der Waals surface area contributed by atoms with Gasteiger partial charge < -0.3 is 11.1 Å². The van der Waals surface area contributed by atoms with Gasteiger partial charge in [0.1, 0.15) is 6.07 Å². The van der Waals surface area contributed by atoms with Crippen LogP contribution >= 0.6 is 11.8 Å². The molecule has 4 nitrogen and oxygen atoms in total. The molecular weight excluding hydrogens is 246 g/mol. The van der Waals surface area contributed by atoms with Crippen molar-refractivity contribution in [3.05, 3.63) is 29.8 Å². The lowest BCUT2D eigenvalue weighted by atomic mass is 10.2. The SMILES string of the molecule is CC(N)CSCCC(=O)Nc1ccccc1C#N. The largest absolute Gasteiger partial charge is 0.327 e. The summed E-state index contributed by atoms with van der Waals surface area (Å²) < 4.78 is 0. The van der Waals surface area contributed by atoms with Gasteiger partial charge in [0.2, 0.25) is 5.91 Å². The predicted molar refractivity (Wildman–Crippen MR) is 75.4 cm³/mol. The molecule has 1 rings (SSSR count). The second kappa shape index (κ2) is 7.75. The molecule has 0 aliphatic heterocycles. The number of para-hydroxylation sites is 1. The van der Waals surface area contributed by atoms with E-state index in [9.17, 15) is 4.79 Å². The van der Waals surface area contributed by atoms with Crippen molar-refractivity contribution in [3.8, 4) is 6.07 Å². The Kier molecular flexibility index (Phi) is 6.26. The summed E-state index contributed by atoms with van der Waals surface area (Å²) >= 11 is 1.66. The van der Waals surface area contributed by atoms with Crippen molar-refractivity contribution >= 4 is 23.4 Å². The van der Waals surface area contributed by atoms with Crippen LogP contribution in [-0.4, -0.2) is 23.5 Å². The maximum Gasteiger partial charge on any atom is 0.225 e. The summed E-state index contributed by atoms with van der Waals surface area (Å²) in [6, 6.07) is 9.17. The van der Waals surface area contributed by atoms with Crippen LogP contribution in [0.4, 0.5) is 5.69 Å². The number of nitrogens with two attached hydrogens (primary N) is 1. The fourth-order valence-corrected chi connectivity index (χ4v) is 2.20. The van der Waals surface area contributed by atoms with Crippen molar-refractivity contribution in [2.75, 3.05) is 16.8 Å². The molecule has 0 spiro atoms.